The van der Waals surface area contributed by atoms with E-state index in [1.165, 1.54) is 0 Å². The van der Waals surface area contributed by atoms with E-state index < -0.39 is 6.10 Å². The number of esters is 1. The van der Waals surface area contributed by atoms with Gasteiger partial charge in [0.2, 0.25) is 5.70 Å². The van der Waals surface area contributed by atoms with Crippen LogP contribution in [0, 0.1) is 24.0 Å². The zero-order chi connectivity index (χ0) is 19.3. The lowest BCUT2D eigenvalue weighted by Crippen LogP contribution is -2.27. The molecule has 1 aliphatic heterocycles. The minimum absolute atomic E-state index is 0.224. The second-order valence-corrected chi connectivity index (χ2v) is 6.62. The Bertz CT molecular complexity index is 723. The highest BCUT2D eigenvalue weighted by Gasteiger charge is 2.32. The van der Waals surface area contributed by atoms with Gasteiger partial charge in [-0.25, -0.2) is 4.79 Å². The molecule has 1 unspecified atom stereocenters. The number of hydrogen-bond acceptors (Lipinski definition) is 5. The number of fused-ring (bicyclic) bond motifs is 1. The molecule has 0 aromatic heterocycles. The lowest BCUT2D eigenvalue weighted by molar-refractivity contribution is -0.426. The number of carbonyl (C=O) groups excluding carboxylic acids is 1. The van der Waals surface area contributed by atoms with Gasteiger partial charge in [0.05, 0.1) is 11.5 Å². The molecule has 1 heterocycles. The largest absolute Gasteiger partial charge is 0.478 e. The number of benzene rings is 1. The van der Waals surface area contributed by atoms with Crippen LogP contribution in [0.2, 0.25) is 0 Å². The average molecular weight is 361 g/mol. The molecule has 6 heteroatoms. The van der Waals surface area contributed by atoms with Gasteiger partial charge in [-0.05, 0) is 55.5 Å². The second kappa shape index (κ2) is 8.83. The van der Waals surface area contributed by atoms with Crippen molar-refractivity contribution in [3.05, 3.63) is 44.1 Å². The van der Waals surface area contributed by atoms with Crippen molar-refractivity contribution in [3.8, 4) is 5.75 Å². The summed E-state index contributed by atoms with van der Waals surface area (Å²) in [6, 6.07) is 1.90. The predicted octanol–water partition coefficient (Wildman–Crippen LogP) is 4.37. The van der Waals surface area contributed by atoms with Crippen molar-refractivity contribution in [1.82, 2.24) is 0 Å². The standard InChI is InChI=1S/C20H27NO5/c1-5-7-8-9-17(21(23)24)11-15-10-16-12-18(20(22)25-6-2)26-19(16)14(4)13(15)3/h10-11,18H,5-9,12H2,1-4H3. The van der Waals surface area contributed by atoms with E-state index in [2.05, 4.69) is 6.92 Å². The van der Waals surface area contributed by atoms with E-state index >= 15 is 0 Å². The van der Waals surface area contributed by atoms with Crippen molar-refractivity contribution in [1.29, 1.82) is 0 Å². The van der Waals surface area contributed by atoms with Gasteiger partial charge in [0.25, 0.3) is 0 Å². The van der Waals surface area contributed by atoms with E-state index in [4.69, 9.17) is 9.47 Å². The van der Waals surface area contributed by atoms with Crippen molar-refractivity contribution < 1.29 is 19.2 Å². The Morgan fingerprint density at radius 1 is 1.35 bits per heavy atom. The highest BCUT2D eigenvalue weighted by atomic mass is 16.6. The predicted molar refractivity (Wildman–Crippen MR) is 99.8 cm³/mol. The first-order valence-electron chi connectivity index (χ1n) is 9.20. The zero-order valence-electron chi connectivity index (χ0n) is 16.0. The number of hydrogen-bond donors (Lipinski definition) is 0. The van der Waals surface area contributed by atoms with Crippen LogP contribution in [0.15, 0.2) is 11.8 Å². The van der Waals surface area contributed by atoms with Gasteiger partial charge in [0.1, 0.15) is 5.75 Å². The van der Waals surface area contributed by atoms with Crippen LogP contribution >= 0.6 is 0 Å². The maximum Gasteiger partial charge on any atom is 0.347 e. The highest BCUT2D eigenvalue weighted by molar-refractivity contribution is 5.77. The molecule has 0 saturated carbocycles. The lowest BCUT2D eigenvalue weighted by Gasteiger charge is -2.12. The number of rotatable bonds is 8. The maximum atomic E-state index is 12.0. The molecule has 0 aliphatic carbocycles. The van der Waals surface area contributed by atoms with Gasteiger partial charge in [0, 0.05) is 18.9 Å². The van der Waals surface area contributed by atoms with E-state index in [1.54, 1.807) is 13.0 Å². The van der Waals surface area contributed by atoms with Crippen molar-refractivity contribution in [2.75, 3.05) is 6.61 Å². The molecule has 0 spiro atoms. The molecule has 1 aliphatic rings. The first kappa shape index (κ1) is 19.9. The molecular weight excluding hydrogens is 334 g/mol. The molecule has 1 aromatic carbocycles. The van der Waals surface area contributed by atoms with Crippen LogP contribution in [0.4, 0.5) is 0 Å². The van der Waals surface area contributed by atoms with Gasteiger partial charge in [-0.15, -0.1) is 0 Å². The first-order valence-corrected chi connectivity index (χ1v) is 9.20. The van der Waals surface area contributed by atoms with Crippen LogP contribution in [-0.2, 0) is 16.0 Å². The minimum Gasteiger partial charge on any atom is -0.478 e. The lowest BCUT2D eigenvalue weighted by atomic mass is 9.96. The molecule has 0 fully saturated rings. The van der Waals surface area contributed by atoms with Crippen LogP contribution < -0.4 is 4.74 Å². The van der Waals surface area contributed by atoms with Crippen LogP contribution in [-0.4, -0.2) is 23.6 Å². The van der Waals surface area contributed by atoms with Gasteiger partial charge >= 0.3 is 5.97 Å². The summed E-state index contributed by atoms with van der Waals surface area (Å²) < 4.78 is 10.8. The minimum atomic E-state index is -0.637. The Morgan fingerprint density at radius 3 is 2.69 bits per heavy atom. The topological polar surface area (TPSA) is 78.7 Å². The fraction of sp³-hybridized carbons (Fsp3) is 0.550. The third-order valence-electron chi connectivity index (χ3n) is 4.77. The number of ether oxygens (including phenoxy) is 2. The average Bonchev–Trinajstić information content (AvgIpc) is 3.03. The monoisotopic (exact) mass is 361 g/mol. The van der Waals surface area contributed by atoms with Crippen molar-refractivity contribution in [2.45, 2.75) is 65.9 Å². The molecule has 0 amide bonds. The van der Waals surface area contributed by atoms with E-state index in [0.29, 0.717) is 25.2 Å². The molecule has 1 aromatic rings. The van der Waals surface area contributed by atoms with Gasteiger partial charge in [-0.1, -0.05) is 19.8 Å². The summed E-state index contributed by atoms with van der Waals surface area (Å²) in [6.45, 7) is 7.98. The summed E-state index contributed by atoms with van der Waals surface area (Å²) in [6.07, 6.45) is 4.72. The SMILES string of the molecule is CCCCCC(=Cc1cc2c(c(C)c1C)OC(C(=O)OCC)C2)[N+](=O)[O-]. The number of unbranched alkanes of at least 4 members (excludes halogenated alkanes) is 2. The maximum absolute atomic E-state index is 12.0. The molecule has 26 heavy (non-hydrogen) atoms. The number of carbonyl (C=O) groups is 1. The summed E-state index contributed by atoms with van der Waals surface area (Å²) in [5, 5.41) is 11.4. The smallest absolute Gasteiger partial charge is 0.347 e. The number of nitro groups is 1. The quantitative estimate of drug-likeness (QED) is 0.297. The Kier molecular flexibility index (Phi) is 6.77. The number of nitrogens with zero attached hydrogens (tertiary/aromatic N) is 1. The molecule has 2 rings (SSSR count). The van der Waals surface area contributed by atoms with Gasteiger partial charge in [-0.2, -0.15) is 0 Å². The first-order chi connectivity index (χ1) is 12.4. The van der Waals surface area contributed by atoms with Crippen LogP contribution in [0.5, 0.6) is 5.75 Å². The van der Waals surface area contributed by atoms with Crippen LogP contribution in [0.3, 0.4) is 0 Å². The van der Waals surface area contributed by atoms with E-state index in [9.17, 15) is 14.9 Å². The van der Waals surface area contributed by atoms with E-state index in [0.717, 1.165) is 41.5 Å². The summed E-state index contributed by atoms with van der Waals surface area (Å²) in [5.74, 6) is 0.328. The third-order valence-corrected chi connectivity index (χ3v) is 4.77. The molecule has 0 saturated heterocycles. The van der Waals surface area contributed by atoms with Crippen LogP contribution in [0.1, 0.15) is 61.8 Å². The highest BCUT2D eigenvalue weighted by Crippen LogP contribution is 2.37. The Balaban J connectivity index is 2.31. The van der Waals surface area contributed by atoms with Crippen molar-refractivity contribution in [3.63, 3.8) is 0 Å². The molecular formula is C20H27NO5. The van der Waals surface area contributed by atoms with Gasteiger partial charge in [0.15, 0.2) is 6.10 Å². The summed E-state index contributed by atoms with van der Waals surface area (Å²) >= 11 is 0. The van der Waals surface area contributed by atoms with E-state index in [1.807, 2.05) is 19.9 Å². The second-order valence-electron chi connectivity index (χ2n) is 6.62. The van der Waals surface area contributed by atoms with Gasteiger partial charge in [-0.3, -0.25) is 10.1 Å². The molecule has 1 atom stereocenters. The zero-order valence-corrected chi connectivity index (χ0v) is 16.0. The van der Waals surface area contributed by atoms with Crippen molar-refractivity contribution in [2.24, 2.45) is 0 Å². The van der Waals surface area contributed by atoms with E-state index in [-0.39, 0.29) is 16.6 Å². The van der Waals surface area contributed by atoms with Crippen LogP contribution in [0.25, 0.3) is 6.08 Å². The summed E-state index contributed by atoms with van der Waals surface area (Å²) in [4.78, 5) is 23.1. The normalized spacial score (nSPS) is 16.2. The summed E-state index contributed by atoms with van der Waals surface area (Å²) in [5.41, 5.74) is 3.79. The Morgan fingerprint density at radius 2 is 2.08 bits per heavy atom. The Hall–Kier alpha value is -2.37. The number of allylic oxidation sites excluding steroid dienone is 1. The van der Waals surface area contributed by atoms with Crippen molar-refractivity contribution >= 4 is 12.0 Å². The molecule has 0 bridgehead atoms. The fourth-order valence-electron chi connectivity index (χ4n) is 3.16. The molecule has 0 N–H and O–H groups in total. The third kappa shape index (κ3) is 4.42. The molecule has 142 valence electrons. The Labute approximate surface area is 154 Å². The molecule has 0 radical (unpaired) electrons. The fourth-order valence-corrected chi connectivity index (χ4v) is 3.16. The molecule has 6 nitrogen and oxygen atoms in total. The van der Waals surface area contributed by atoms with Gasteiger partial charge < -0.3 is 9.47 Å². The summed E-state index contributed by atoms with van der Waals surface area (Å²) in [7, 11) is 0.